The Labute approximate surface area is 103 Å². The third kappa shape index (κ3) is 2.67. The van der Waals surface area contributed by atoms with E-state index in [1.807, 2.05) is 12.3 Å². The van der Waals surface area contributed by atoms with Crippen LogP contribution in [0.5, 0.6) is 0 Å². The Bertz CT molecular complexity index is 352. The highest BCUT2D eigenvalue weighted by Crippen LogP contribution is 2.21. The zero-order valence-corrected chi connectivity index (χ0v) is 10.4. The average molecular weight is 231 g/mol. The first kappa shape index (κ1) is 11.2. The van der Waals surface area contributed by atoms with Gasteiger partial charge in [0.1, 0.15) is 0 Å². The van der Waals surface area contributed by atoms with Crippen molar-refractivity contribution in [2.75, 3.05) is 32.7 Å². The molecule has 3 rings (SSSR count). The summed E-state index contributed by atoms with van der Waals surface area (Å²) >= 11 is 0. The Kier molecular flexibility index (Phi) is 3.39. The molecular weight excluding hydrogens is 210 g/mol. The average Bonchev–Trinajstić information content (AvgIpc) is 2.85. The fourth-order valence-electron chi connectivity index (χ4n) is 3.08. The second-order valence-electron chi connectivity index (χ2n) is 5.20. The van der Waals surface area contributed by atoms with Crippen molar-refractivity contribution in [1.82, 2.24) is 14.8 Å². The van der Waals surface area contributed by atoms with Crippen LogP contribution in [0, 0.1) is 0 Å². The molecule has 3 nitrogen and oxygen atoms in total. The van der Waals surface area contributed by atoms with Crippen molar-refractivity contribution in [3.63, 3.8) is 0 Å². The maximum atomic E-state index is 4.39. The van der Waals surface area contributed by atoms with E-state index in [0.717, 1.165) is 12.5 Å². The summed E-state index contributed by atoms with van der Waals surface area (Å²) < 4.78 is 0. The fourth-order valence-corrected chi connectivity index (χ4v) is 3.08. The van der Waals surface area contributed by atoms with E-state index in [-0.39, 0.29) is 0 Å². The summed E-state index contributed by atoms with van der Waals surface area (Å²) in [5.41, 5.74) is 1.22. The molecule has 2 aliphatic heterocycles. The molecule has 0 aromatic carbocycles. The molecule has 2 saturated heterocycles. The molecule has 0 radical (unpaired) electrons. The van der Waals surface area contributed by atoms with E-state index in [1.165, 1.54) is 51.3 Å². The second kappa shape index (κ2) is 5.15. The molecular formula is C14H21N3. The lowest BCUT2D eigenvalue weighted by atomic mass is 10.1. The van der Waals surface area contributed by atoms with E-state index in [9.17, 15) is 0 Å². The molecule has 3 heterocycles. The zero-order valence-electron chi connectivity index (χ0n) is 10.4. The van der Waals surface area contributed by atoms with Crippen LogP contribution in [-0.2, 0) is 6.42 Å². The van der Waals surface area contributed by atoms with Gasteiger partial charge in [-0.15, -0.1) is 0 Å². The zero-order chi connectivity index (χ0) is 11.5. The van der Waals surface area contributed by atoms with Crippen LogP contribution in [0.2, 0.25) is 0 Å². The third-order valence-electron chi connectivity index (χ3n) is 4.08. The number of aromatic nitrogens is 1. The predicted molar refractivity (Wildman–Crippen MR) is 69.0 cm³/mol. The van der Waals surface area contributed by atoms with Gasteiger partial charge in [-0.25, -0.2) is 0 Å². The van der Waals surface area contributed by atoms with Crippen LogP contribution >= 0.6 is 0 Å². The molecule has 2 aliphatic rings. The molecule has 1 aromatic rings. The highest BCUT2D eigenvalue weighted by Gasteiger charge is 2.29. The van der Waals surface area contributed by atoms with Crippen molar-refractivity contribution in [3.8, 4) is 0 Å². The molecule has 2 fully saturated rings. The summed E-state index contributed by atoms with van der Waals surface area (Å²) in [6.07, 6.45) is 5.79. The second-order valence-corrected chi connectivity index (χ2v) is 5.20. The third-order valence-corrected chi connectivity index (χ3v) is 4.08. The van der Waals surface area contributed by atoms with E-state index < -0.39 is 0 Å². The van der Waals surface area contributed by atoms with Crippen molar-refractivity contribution in [2.45, 2.75) is 25.3 Å². The summed E-state index contributed by atoms with van der Waals surface area (Å²) in [6.45, 7) is 6.28. The van der Waals surface area contributed by atoms with Gasteiger partial charge >= 0.3 is 0 Å². The van der Waals surface area contributed by atoms with Crippen molar-refractivity contribution >= 4 is 0 Å². The lowest BCUT2D eigenvalue weighted by Gasteiger charge is -2.37. The van der Waals surface area contributed by atoms with Gasteiger partial charge in [-0.05, 0) is 31.5 Å². The molecule has 92 valence electrons. The maximum Gasteiger partial charge on any atom is 0.0416 e. The molecule has 17 heavy (non-hydrogen) atoms. The summed E-state index contributed by atoms with van der Waals surface area (Å²) in [7, 11) is 0. The molecule has 1 atom stereocenters. The Hall–Kier alpha value is -0.930. The van der Waals surface area contributed by atoms with Gasteiger partial charge in [0.25, 0.3) is 0 Å². The number of piperazine rings is 1. The quantitative estimate of drug-likeness (QED) is 0.784. The number of pyridine rings is 1. The molecule has 0 N–H and O–H groups in total. The molecule has 3 heteroatoms. The molecule has 1 unspecified atom stereocenters. The Morgan fingerprint density at radius 2 is 2.24 bits per heavy atom. The molecule has 0 aliphatic carbocycles. The normalized spacial score (nSPS) is 26.0. The van der Waals surface area contributed by atoms with Gasteiger partial charge in [-0.2, -0.15) is 0 Å². The van der Waals surface area contributed by atoms with Crippen molar-refractivity contribution in [2.24, 2.45) is 0 Å². The van der Waals surface area contributed by atoms with Gasteiger partial charge in [0, 0.05) is 50.5 Å². The number of nitrogens with zero attached hydrogens (tertiary/aromatic N) is 3. The minimum absolute atomic E-state index is 0.840. The number of rotatable bonds is 3. The van der Waals surface area contributed by atoms with Gasteiger partial charge in [0.15, 0.2) is 0 Å². The SMILES string of the molecule is c1ccc(CCN2CCN3CCCC3C2)nc1. The first-order chi connectivity index (χ1) is 8.42. The predicted octanol–water partition coefficient (Wildman–Crippen LogP) is 1.40. The van der Waals surface area contributed by atoms with Crippen LogP contribution in [0.25, 0.3) is 0 Å². The summed E-state index contributed by atoms with van der Waals surface area (Å²) in [4.78, 5) is 9.67. The van der Waals surface area contributed by atoms with Crippen molar-refractivity contribution in [3.05, 3.63) is 30.1 Å². The van der Waals surface area contributed by atoms with Gasteiger partial charge < -0.3 is 4.90 Å². The largest absolute Gasteiger partial charge is 0.300 e. The van der Waals surface area contributed by atoms with Gasteiger partial charge in [-0.3, -0.25) is 9.88 Å². The molecule has 0 amide bonds. The monoisotopic (exact) mass is 231 g/mol. The van der Waals surface area contributed by atoms with Crippen LogP contribution < -0.4 is 0 Å². The Balaban J connectivity index is 1.50. The first-order valence-corrected chi connectivity index (χ1v) is 6.78. The van der Waals surface area contributed by atoms with Crippen LogP contribution in [0.3, 0.4) is 0 Å². The molecule has 0 bridgehead atoms. The van der Waals surface area contributed by atoms with E-state index in [4.69, 9.17) is 0 Å². The van der Waals surface area contributed by atoms with Crippen LogP contribution in [-0.4, -0.2) is 53.5 Å². The molecule has 0 spiro atoms. The lowest BCUT2D eigenvalue weighted by molar-refractivity contribution is 0.105. The smallest absolute Gasteiger partial charge is 0.0416 e. The standard InChI is InChI=1S/C14H21N3/c1-2-7-15-13(4-1)6-9-16-10-11-17-8-3-5-14(17)12-16/h1-2,4,7,14H,3,5-6,8-12H2. The maximum absolute atomic E-state index is 4.39. The van der Waals surface area contributed by atoms with Crippen molar-refractivity contribution in [1.29, 1.82) is 0 Å². The lowest BCUT2D eigenvalue weighted by Crippen LogP contribution is -2.50. The van der Waals surface area contributed by atoms with Gasteiger partial charge in [0.2, 0.25) is 0 Å². The highest BCUT2D eigenvalue weighted by atomic mass is 15.3. The summed E-state index contributed by atoms with van der Waals surface area (Å²) in [5.74, 6) is 0. The van der Waals surface area contributed by atoms with Gasteiger partial charge in [0.05, 0.1) is 0 Å². The molecule has 0 saturated carbocycles. The Morgan fingerprint density at radius 3 is 3.12 bits per heavy atom. The van der Waals surface area contributed by atoms with Crippen LogP contribution in [0.4, 0.5) is 0 Å². The van der Waals surface area contributed by atoms with E-state index in [2.05, 4.69) is 26.9 Å². The fraction of sp³-hybridized carbons (Fsp3) is 0.643. The van der Waals surface area contributed by atoms with E-state index >= 15 is 0 Å². The highest BCUT2D eigenvalue weighted by molar-refractivity contribution is 5.04. The van der Waals surface area contributed by atoms with Crippen LogP contribution in [0.15, 0.2) is 24.4 Å². The Morgan fingerprint density at radius 1 is 1.24 bits per heavy atom. The topological polar surface area (TPSA) is 19.4 Å². The first-order valence-electron chi connectivity index (χ1n) is 6.78. The minimum atomic E-state index is 0.840. The number of fused-ring (bicyclic) bond motifs is 1. The molecule has 1 aromatic heterocycles. The number of hydrogen-bond donors (Lipinski definition) is 0. The van der Waals surface area contributed by atoms with E-state index in [1.54, 1.807) is 0 Å². The van der Waals surface area contributed by atoms with Crippen molar-refractivity contribution < 1.29 is 0 Å². The van der Waals surface area contributed by atoms with E-state index in [0.29, 0.717) is 0 Å². The van der Waals surface area contributed by atoms with Gasteiger partial charge in [-0.1, -0.05) is 6.07 Å². The number of hydrogen-bond acceptors (Lipinski definition) is 3. The van der Waals surface area contributed by atoms with Crippen LogP contribution in [0.1, 0.15) is 18.5 Å². The summed E-state index contributed by atoms with van der Waals surface area (Å²) in [6, 6.07) is 7.04. The summed E-state index contributed by atoms with van der Waals surface area (Å²) in [5, 5.41) is 0. The minimum Gasteiger partial charge on any atom is -0.300 e.